The van der Waals surface area contributed by atoms with Gasteiger partial charge in [-0.3, -0.25) is 4.79 Å². The van der Waals surface area contributed by atoms with Crippen LogP contribution in [0.2, 0.25) is 0 Å². The summed E-state index contributed by atoms with van der Waals surface area (Å²) in [5.74, 6) is 0.469. The number of hydrogen-bond donors (Lipinski definition) is 0. The zero-order valence-electron chi connectivity index (χ0n) is 7.66. The van der Waals surface area contributed by atoms with Gasteiger partial charge in [0.1, 0.15) is 0 Å². The molecule has 0 atom stereocenters. The number of hydrogen-bond acceptors (Lipinski definition) is 6. The van der Waals surface area contributed by atoms with Gasteiger partial charge in [-0.05, 0) is 5.21 Å². The first-order chi connectivity index (χ1) is 7.36. The predicted octanol–water partition coefficient (Wildman–Crippen LogP) is 1.91. The molecule has 0 fully saturated rings. The van der Waals surface area contributed by atoms with Crippen LogP contribution in [0.3, 0.4) is 0 Å². The van der Waals surface area contributed by atoms with Crippen molar-refractivity contribution < 1.29 is 4.79 Å². The van der Waals surface area contributed by atoms with Crippen molar-refractivity contribution in [2.75, 3.05) is 5.75 Å². The molecule has 0 spiro atoms. The summed E-state index contributed by atoms with van der Waals surface area (Å²) >= 11 is 2.56. The first kappa shape index (κ1) is 10.3. The maximum absolute atomic E-state index is 11.7. The Morgan fingerprint density at radius 3 is 2.80 bits per heavy atom. The van der Waals surface area contributed by atoms with E-state index >= 15 is 0 Å². The van der Waals surface area contributed by atoms with E-state index in [1.54, 1.807) is 12.1 Å². The Labute approximate surface area is 94.9 Å². The molecule has 0 unspecified atom stereocenters. The van der Waals surface area contributed by atoms with E-state index in [0.29, 0.717) is 5.75 Å². The van der Waals surface area contributed by atoms with Crippen molar-refractivity contribution in [3.8, 4) is 0 Å². The maximum Gasteiger partial charge on any atom is 0.194 e. The van der Waals surface area contributed by atoms with E-state index in [0.717, 1.165) is 9.90 Å². The largest absolute Gasteiger partial charge is 0.293 e. The van der Waals surface area contributed by atoms with Crippen LogP contribution in [0.4, 0.5) is 0 Å². The number of thioether (sulfide) groups is 1. The lowest BCUT2D eigenvalue weighted by Crippen LogP contribution is -2.01. The molecule has 1 aromatic heterocycles. The van der Waals surface area contributed by atoms with Gasteiger partial charge in [0.25, 0.3) is 0 Å². The van der Waals surface area contributed by atoms with Crippen molar-refractivity contribution in [3.05, 3.63) is 35.9 Å². The van der Waals surface area contributed by atoms with Gasteiger partial charge in [-0.1, -0.05) is 46.6 Å². The number of nitrogens with zero attached hydrogens (tertiary/aromatic N) is 3. The van der Waals surface area contributed by atoms with Gasteiger partial charge < -0.3 is 0 Å². The predicted molar refractivity (Wildman–Crippen MR) is 59.2 cm³/mol. The summed E-state index contributed by atoms with van der Waals surface area (Å²) in [5.41, 5.74) is 0.725. The van der Waals surface area contributed by atoms with Gasteiger partial charge in [-0.2, -0.15) is 0 Å². The highest BCUT2D eigenvalue weighted by atomic mass is 32.2. The van der Waals surface area contributed by atoms with Crippen molar-refractivity contribution in [1.82, 2.24) is 14.8 Å². The Balaban J connectivity index is 1.94. The molecule has 0 aliphatic heterocycles. The van der Waals surface area contributed by atoms with Crippen LogP contribution >= 0.6 is 23.3 Å². The molecule has 4 nitrogen and oxygen atoms in total. The van der Waals surface area contributed by atoms with Crippen LogP contribution in [-0.4, -0.2) is 26.3 Å². The molecule has 0 N–H and O–H groups in total. The smallest absolute Gasteiger partial charge is 0.194 e. The number of ketones is 1. The van der Waals surface area contributed by atoms with E-state index in [9.17, 15) is 4.79 Å². The average Bonchev–Trinajstić information content (AvgIpc) is 2.80. The summed E-state index contributed by atoms with van der Waals surface area (Å²) in [4.78, 5) is 11.7. The Hall–Kier alpha value is -1.27. The lowest BCUT2D eigenvalue weighted by Gasteiger charge is -1.97. The van der Waals surface area contributed by atoms with Crippen molar-refractivity contribution in [2.24, 2.45) is 0 Å². The fourth-order valence-electron chi connectivity index (χ4n) is 1.02. The van der Waals surface area contributed by atoms with E-state index in [2.05, 4.69) is 14.8 Å². The Bertz CT molecular complexity index is 430. The van der Waals surface area contributed by atoms with Gasteiger partial charge in [0.05, 0.1) is 5.75 Å². The number of Topliss-reactive ketones (excluding diaryl/α,β-unsaturated/α-hetero) is 1. The van der Waals surface area contributed by atoms with Gasteiger partial charge in [0.2, 0.25) is 0 Å². The number of rotatable bonds is 4. The van der Waals surface area contributed by atoms with E-state index in [-0.39, 0.29) is 5.78 Å². The fraction of sp³-hybridized carbons (Fsp3) is 0.111. The van der Waals surface area contributed by atoms with Crippen molar-refractivity contribution in [3.63, 3.8) is 0 Å². The Morgan fingerprint density at radius 2 is 2.13 bits per heavy atom. The van der Waals surface area contributed by atoms with Crippen LogP contribution in [0.1, 0.15) is 10.4 Å². The highest BCUT2D eigenvalue weighted by molar-refractivity contribution is 8.01. The van der Waals surface area contributed by atoms with Crippen LogP contribution in [0.15, 0.2) is 34.7 Å². The van der Waals surface area contributed by atoms with Crippen LogP contribution in [-0.2, 0) is 0 Å². The standard InChI is InChI=1S/C9H7N3OS2/c13-8(7-4-2-1-3-5-7)6-14-9-10-11-12-15-9/h1-5H,6H2. The zero-order valence-corrected chi connectivity index (χ0v) is 9.29. The minimum absolute atomic E-state index is 0.0933. The quantitative estimate of drug-likeness (QED) is 0.600. The summed E-state index contributed by atoms with van der Waals surface area (Å²) in [6.45, 7) is 0. The number of benzene rings is 1. The lowest BCUT2D eigenvalue weighted by atomic mass is 10.2. The average molecular weight is 237 g/mol. The molecule has 2 aromatic rings. The third-order valence-electron chi connectivity index (χ3n) is 1.70. The Morgan fingerprint density at radius 1 is 1.33 bits per heavy atom. The third-order valence-corrected chi connectivity index (χ3v) is 3.41. The van der Waals surface area contributed by atoms with Gasteiger partial charge in [-0.15, -0.1) is 5.10 Å². The molecular weight excluding hydrogens is 230 g/mol. The molecule has 0 saturated carbocycles. The van der Waals surface area contributed by atoms with Gasteiger partial charge in [0.15, 0.2) is 10.1 Å². The molecule has 2 rings (SSSR count). The number of aromatic nitrogens is 3. The van der Waals surface area contributed by atoms with Crippen molar-refractivity contribution >= 4 is 29.1 Å². The molecule has 0 aliphatic carbocycles. The monoisotopic (exact) mass is 237 g/mol. The highest BCUT2D eigenvalue weighted by Crippen LogP contribution is 2.18. The molecule has 15 heavy (non-hydrogen) atoms. The van der Waals surface area contributed by atoms with E-state index in [1.807, 2.05) is 18.2 Å². The summed E-state index contributed by atoms with van der Waals surface area (Å²) in [6, 6.07) is 9.20. The Kier molecular flexibility index (Phi) is 3.41. The minimum Gasteiger partial charge on any atom is -0.293 e. The molecule has 0 bridgehead atoms. The second kappa shape index (κ2) is 4.99. The first-order valence-electron chi connectivity index (χ1n) is 4.22. The summed E-state index contributed by atoms with van der Waals surface area (Å²) in [5, 5.41) is 7.21. The van der Waals surface area contributed by atoms with E-state index in [4.69, 9.17) is 0 Å². The second-order valence-corrected chi connectivity index (χ2v) is 4.66. The van der Waals surface area contributed by atoms with Crippen molar-refractivity contribution in [1.29, 1.82) is 0 Å². The summed E-state index contributed by atoms with van der Waals surface area (Å²) < 4.78 is 4.34. The van der Waals surface area contributed by atoms with Crippen LogP contribution < -0.4 is 0 Å². The zero-order chi connectivity index (χ0) is 10.5. The van der Waals surface area contributed by atoms with Crippen LogP contribution in [0.25, 0.3) is 0 Å². The van der Waals surface area contributed by atoms with E-state index in [1.165, 1.54) is 23.3 Å². The molecule has 1 heterocycles. The molecule has 0 aliphatic rings. The maximum atomic E-state index is 11.7. The number of carbonyl (C=O) groups is 1. The first-order valence-corrected chi connectivity index (χ1v) is 5.98. The van der Waals surface area contributed by atoms with Crippen LogP contribution in [0.5, 0.6) is 0 Å². The van der Waals surface area contributed by atoms with Gasteiger partial charge in [-0.25, -0.2) is 0 Å². The molecular formula is C9H7N3OS2. The highest BCUT2D eigenvalue weighted by Gasteiger charge is 2.07. The molecule has 0 saturated heterocycles. The fourth-order valence-corrected chi connectivity index (χ4v) is 2.24. The van der Waals surface area contributed by atoms with E-state index < -0.39 is 0 Å². The van der Waals surface area contributed by atoms with Crippen LogP contribution in [0, 0.1) is 0 Å². The topological polar surface area (TPSA) is 55.7 Å². The molecule has 76 valence electrons. The number of carbonyl (C=O) groups excluding carboxylic acids is 1. The summed E-state index contributed by atoms with van der Waals surface area (Å²) in [7, 11) is 0. The molecule has 6 heteroatoms. The summed E-state index contributed by atoms with van der Waals surface area (Å²) in [6.07, 6.45) is 0. The normalized spacial score (nSPS) is 10.1. The SMILES string of the molecule is O=C(CSc1nnns1)c1ccccc1. The second-order valence-electron chi connectivity index (χ2n) is 2.71. The minimum atomic E-state index is 0.0933. The third kappa shape index (κ3) is 2.84. The lowest BCUT2D eigenvalue weighted by molar-refractivity contribution is 0.102. The molecule has 0 radical (unpaired) electrons. The molecule has 0 amide bonds. The van der Waals surface area contributed by atoms with Gasteiger partial charge >= 0.3 is 0 Å². The van der Waals surface area contributed by atoms with Gasteiger partial charge in [0, 0.05) is 17.1 Å². The van der Waals surface area contributed by atoms with Crippen molar-refractivity contribution in [2.45, 2.75) is 4.34 Å². The molecule has 1 aromatic carbocycles.